The van der Waals surface area contributed by atoms with Gasteiger partial charge in [-0.15, -0.1) is 0 Å². The Bertz CT molecular complexity index is 465. The number of nitrogens with zero attached hydrogens (tertiary/aromatic N) is 2. The minimum atomic E-state index is -0.336. The van der Waals surface area contributed by atoms with Gasteiger partial charge in [0.15, 0.2) is 0 Å². The van der Waals surface area contributed by atoms with Gasteiger partial charge in [0, 0.05) is 30.2 Å². The Kier molecular flexibility index (Phi) is 4.76. The molecule has 0 radical (unpaired) electrons. The Balaban J connectivity index is 2.24. The normalized spacial score (nSPS) is 19.5. The molecule has 1 aliphatic rings. The Morgan fingerprint density at radius 3 is 3.00 bits per heavy atom. The van der Waals surface area contributed by atoms with Crippen molar-refractivity contribution >= 4 is 27.3 Å². The molecule has 1 fully saturated rings. The van der Waals surface area contributed by atoms with Gasteiger partial charge in [0.2, 0.25) is 0 Å². The van der Waals surface area contributed by atoms with Crippen molar-refractivity contribution in [2.75, 3.05) is 24.6 Å². The van der Waals surface area contributed by atoms with Gasteiger partial charge >= 0.3 is 0 Å². The van der Waals surface area contributed by atoms with Gasteiger partial charge in [-0.1, -0.05) is 15.9 Å². The lowest BCUT2D eigenvalue weighted by Crippen LogP contribution is -2.36. The van der Waals surface area contributed by atoms with Crippen molar-refractivity contribution in [3.8, 4) is 0 Å². The summed E-state index contributed by atoms with van der Waals surface area (Å²) in [4.78, 5) is 12.8. The summed E-state index contributed by atoms with van der Waals surface area (Å²) in [7, 11) is 0. The molecule has 1 unspecified atom stereocenters. The van der Waals surface area contributed by atoms with E-state index in [1.807, 2.05) is 0 Å². The largest absolute Gasteiger partial charge is 0.396 e. The van der Waals surface area contributed by atoms with Crippen LogP contribution >= 0.6 is 15.9 Å². The van der Waals surface area contributed by atoms with Crippen LogP contribution in [0.25, 0.3) is 0 Å². The number of aliphatic hydroxyl groups is 1. The second-order valence-corrected chi connectivity index (χ2v) is 5.77. The predicted molar refractivity (Wildman–Crippen MR) is 77.4 cm³/mol. The fourth-order valence-electron chi connectivity index (χ4n) is 2.61. The highest BCUT2D eigenvalue weighted by Crippen LogP contribution is 2.34. The minimum Gasteiger partial charge on any atom is -0.396 e. The minimum absolute atomic E-state index is 0.146. The van der Waals surface area contributed by atoms with E-state index in [-0.39, 0.29) is 17.2 Å². The Labute approximate surface area is 120 Å². The number of hydrogen-bond donors (Lipinski definition) is 1. The van der Waals surface area contributed by atoms with Crippen LogP contribution in [0.5, 0.6) is 0 Å². The van der Waals surface area contributed by atoms with Crippen LogP contribution < -0.4 is 4.90 Å². The molecule has 2 rings (SSSR count). The maximum atomic E-state index is 11.1. The van der Waals surface area contributed by atoms with E-state index in [9.17, 15) is 10.1 Å². The van der Waals surface area contributed by atoms with Gasteiger partial charge in [0.25, 0.3) is 5.69 Å². The lowest BCUT2D eigenvalue weighted by molar-refractivity contribution is -0.384. The smallest absolute Gasteiger partial charge is 0.292 e. The molecule has 1 aromatic carbocycles. The van der Waals surface area contributed by atoms with Crippen LogP contribution in [0.3, 0.4) is 0 Å². The van der Waals surface area contributed by atoms with Crippen LogP contribution in [-0.4, -0.2) is 29.7 Å². The molecular weight excluding hydrogens is 312 g/mol. The number of anilines is 1. The van der Waals surface area contributed by atoms with Gasteiger partial charge in [0.1, 0.15) is 5.69 Å². The molecule has 0 spiro atoms. The molecule has 5 nitrogen and oxygen atoms in total. The zero-order valence-corrected chi connectivity index (χ0v) is 12.2. The fraction of sp³-hybridized carbons (Fsp3) is 0.538. The van der Waals surface area contributed by atoms with E-state index in [0.29, 0.717) is 11.6 Å². The molecule has 1 aliphatic heterocycles. The van der Waals surface area contributed by atoms with E-state index in [1.165, 1.54) is 6.07 Å². The first-order valence-corrected chi connectivity index (χ1v) is 7.21. The summed E-state index contributed by atoms with van der Waals surface area (Å²) in [5.74, 6) is 0.414. The first-order valence-electron chi connectivity index (χ1n) is 6.41. The summed E-state index contributed by atoms with van der Waals surface area (Å²) in [6.07, 6.45) is 2.85. The summed E-state index contributed by atoms with van der Waals surface area (Å²) < 4.78 is 0.845. The van der Waals surface area contributed by atoms with Crippen molar-refractivity contribution < 1.29 is 10.0 Å². The summed E-state index contributed by atoms with van der Waals surface area (Å²) in [5, 5.41) is 20.1. The summed E-state index contributed by atoms with van der Waals surface area (Å²) in [6.45, 7) is 1.79. The van der Waals surface area contributed by atoms with E-state index < -0.39 is 0 Å². The average molecular weight is 329 g/mol. The monoisotopic (exact) mass is 328 g/mol. The van der Waals surface area contributed by atoms with Gasteiger partial charge < -0.3 is 10.0 Å². The lowest BCUT2D eigenvalue weighted by atomic mass is 9.94. The van der Waals surface area contributed by atoms with E-state index >= 15 is 0 Å². The number of hydrogen-bond acceptors (Lipinski definition) is 4. The van der Waals surface area contributed by atoms with Crippen molar-refractivity contribution in [1.29, 1.82) is 0 Å². The Morgan fingerprint density at radius 1 is 1.53 bits per heavy atom. The molecule has 0 aromatic heterocycles. The van der Waals surface area contributed by atoms with Gasteiger partial charge in [-0.05, 0) is 37.3 Å². The highest BCUT2D eigenvalue weighted by atomic mass is 79.9. The van der Waals surface area contributed by atoms with E-state index in [2.05, 4.69) is 20.8 Å². The number of rotatable bonds is 4. The van der Waals surface area contributed by atoms with Crippen LogP contribution in [0, 0.1) is 16.0 Å². The number of benzene rings is 1. The molecule has 1 atom stereocenters. The molecule has 1 saturated heterocycles. The maximum Gasteiger partial charge on any atom is 0.292 e. The third-order valence-corrected chi connectivity index (χ3v) is 4.02. The Morgan fingerprint density at radius 2 is 2.32 bits per heavy atom. The average Bonchev–Trinajstić information content (AvgIpc) is 2.39. The molecule has 0 amide bonds. The van der Waals surface area contributed by atoms with Crippen molar-refractivity contribution in [1.82, 2.24) is 0 Å². The molecular formula is C13H17BrN2O3. The lowest BCUT2D eigenvalue weighted by Gasteiger charge is -2.34. The molecule has 1 aromatic rings. The van der Waals surface area contributed by atoms with E-state index in [1.54, 1.807) is 12.1 Å². The summed E-state index contributed by atoms with van der Waals surface area (Å²) in [6, 6.07) is 5.03. The van der Waals surface area contributed by atoms with Gasteiger partial charge in [-0.25, -0.2) is 0 Å². The Hall–Kier alpha value is -1.14. The van der Waals surface area contributed by atoms with Crippen molar-refractivity contribution in [2.24, 2.45) is 5.92 Å². The van der Waals surface area contributed by atoms with Crippen LogP contribution in [0.15, 0.2) is 22.7 Å². The number of aliphatic hydroxyl groups excluding tert-OH is 1. The van der Waals surface area contributed by atoms with Gasteiger partial charge in [0.05, 0.1) is 4.92 Å². The molecule has 19 heavy (non-hydrogen) atoms. The number of halogens is 1. The van der Waals surface area contributed by atoms with Crippen LogP contribution in [0.2, 0.25) is 0 Å². The zero-order valence-electron chi connectivity index (χ0n) is 10.6. The molecule has 0 aliphatic carbocycles. The second kappa shape index (κ2) is 6.34. The van der Waals surface area contributed by atoms with Gasteiger partial charge in [-0.3, -0.25) is 10.1 Å². The van der Waals surface area contributed by atoms with Crippen molar-refractivity contribution in [3.05, 3.63) is 32.8 Å². The first-order chi connectivity index (χ1) is 9.11. The predicted octanol–water partition coefficient (Wildman–Crippen LogP) is 2.96. The standard InChI is InChI=1S/C13H17BrN2O3/c14-11-3-4-12(16(18)19)13(8-11)15-6-1-2-10(9-15)5-7-17/h3-4,8,10,17H,1-2,5-7,9H2. The summed E-state index contributed by atoms with van der Waals surface area (Å²) in [5.41, 5.74) is 0.815. The van der Waals surface area contributed by atoms with E-state index in [4.69, 9.17) is 5.11 Å². The van der Waals surface area contributed by atoms with Crippen LogP contribution in [0.1, 0.15) is 19.3 Å². The highest BCUT2D eigenvalue weighted by molar-refractivity contribution is 9.10. The third kappa shape index (κ3) is 3.45. The quantitative estimate of drug-likeness (QED) is 0.681. The number of piperidine rings is 1. The van der Waals surface area contributed by atoms with Crippen molar-refractivity contribution in [3.63, 3.8) is 0 Å². The van der Waals surface area contributed by atoms with Gasteiger partial charge in [-0.2, -0.15) is 0 Å². The van der Waals surface area contributed by atoms with Crippen LogP contribution in [0.4, 0.5) is 11.4 Å². The first kappa shape index (κ1) is 14.3. The maximum absolute atomic E-state index is 11.1. The molecule has 1 N–H and O–H groups in total. The molecule has 1 heterocycles. The number of nitro groups is 1. The SMILES string of the molecule is O=[N+]([O-])c1ccc(Br)cc1N1CCCC(CCO)C1. The molecule has 0 saturated carbocycles. The molecule has 0 bridgehead atoms. The topological polar surface area (TPSA) is 66.6 Å². The second-order valence-electron chi connectivity index (χ2n) is 4.86. The fourth-order valence-corrected chi connectivity index (χ4v) is 2.96. The van der Waals surface area contributed by atoms with E-state index in [0.717, 1.165) is 36.8 Å². The third-order valence-electron chi connectivity index (χ3n) is 3.53. The van der Waals surface area contributed by atoms with Crippen molar-refractivity contribution in [2.45, 2.75) is 19.3 Å². The zero-order chi connectivity index (χ0) is 13.8. The number of nitro benzene ring substituents is 1. The molecule has 6 heteroatoms. The highest BCUT2D eigenvalue weighted by Gasteiger charge is 2.25. The summed E-state index contributed by atoms with van der Waals surface area (Å²) >= 11 is 3.37. The molecule has 104 valence electrons. The van der Waals surface area contributed by atoms with Crippen LogP contribution in [-0.2, 0) is 0 Å².